The van der Waals surface area contributed by atoms with E-state index in [0.29, 0.717) is 6.61 Å². The van der Waals surface area contributed by atoms with Crippen LogP contribution in [0.15, 0.2) is 59.2 Å². The molecule has 4 nitrogen and oxygen atoms in total. The summed E-state index contributed by atoms with van der Waals surface area (Å²) in [5, 5.41) is 0. The molecule has 0 saturated carbocycles. The summed E-state index contributed by atoms with van der Waals surface area (Å²) >= 11 is 0. The molecule has 1 atom stereocenters. The average molecular weight is 306 g/mol. The Morgan fingerprint density at radius 2 is 1.78 bits per heavy atom. The number of benzene rings is 2. The second kappa shape index (κ2) is 4.89. The zero-order chi connectivity index (χ0) is 15.2. The highest BCUT2D eigenvalue weighted by molar-refractivity contribution is 5.65. The lowest BCUT2D eigenvalue weighted by Gasteiger charge is -2.13. The Balaban J connectivity index is 1.60. The second-order valence-corrected chi connectivity index (χ2v) is 5.67. The molecule has 2 aliphatic heterocycles. The molecule has 2 aliphatic rings. The molecule has 0 spiro atoms. The smallest absolute Gasteiger partial charge is 0.231 e. The van der Waals surface area contributed by atoms with Crippen LogP contribution in [0.1, 0.15) is 22.8 Å². The molecule has 0 radical (unpaired) electrons. The van der Waals surface area contributed by atoms with E-state index in [4.69, 9.17) is 18.6 Å². The van der Waals surface area contributed by atoms with Crippen LogP contribution in [0.25, 0.3) is 11.3 Å². The van der Waals surface area contributed by atoms with E-state index in [2.05, 4.69) is 0 Å². The molecular weight excluding hydrogens is 292 g/mol. The van der Waals surface area contributed by atoms with Gasteiger partial charge in [0.05, 0.1) is 12.9 Å². The normalized spacial score (nSPS) is 18.2. The molecule has 3 heterocycles. The fraction of sp³-hybridized carbons (Fsp3) is 0.158. The Morgan fingerprint density at radius 3 is 2.70 bits per heavy atom. The maximum absolute atomic E-state index is 6.02. The molecule has 0 amide bonds. The highest BCUT2D eigenvalue weighted by Crippen LogP contribution is 2.45. The highest BCUT2D eigenvalue weighted by atomic mass is 16.7. The molecule has 2 aromatic carbocycles. The van der Waals surface area contributed by atoms with E-state index in [1.165, 1.54) is 0 Å². The first-order chi connectivity index (χ1) is 11.4. The molecule has 0 saturated heterocycles. The zero-order valence-electron chi connectivity index (χ0n) is 12.3. The molecule has 0 aliphatic carbocycles. The minimum Gasteiger partial charge on any atom is -0.464 e. The number of fused-ring (bicyclic) bond motifs is 2. The lowest BCUT2D eigenvalue weighted by atomic mass is 9.97. The molecule has 0 fully saturated rings. The van der Waals surface area contributed by atoms with E-state index in [1.807, 2.05) is 48.5 Å². The summed E-state index contributed by atoms with van der Waals surface area (Å²) in [7, 11) is 0. The molecule has 1 aromatic heterocycles. The van der Waals surface area contributed by atoms with Crippen molar-refractivity contribution >= 4 is 0 Å². The number of hydrogen-bond donors (Lipinski definition) is 0. The first kappa shape index (κ1) is 12.8. The van der Waals surface area contributed by atoms with E-state index in [0.717, 1.165) is 39.5 Å². The molecule has 114 valence electrons. The Hall–Kier alpha value is -2.72. The maximum Gasteiger partial charge on any atom is 0.231 e. The first-order valence-electron chi connectivity index (χ1n) is 7.57. The van der Waals surface area contributed by atoms with Gasteiger partial charge in [0, 0.05) is 16.7 Å². The van der Waals surface area contributed by atoms with E-state index in [9.17, 15) is 0 Å². The van der Waals surface area contributed by atoms with Crippen LogP contribution in [0.3, 0.4) is 0 Å². The topological polar surface area (TPSA) is 40.8 Å². The van der Waals surface area contributed by atoms with Gasteiger partial charge in [0.1, 0.15) is 11.9 Å². The highest BCUT2D eigenvalue weighted by Gasteiger charge is 2.32. The van der Waals surface area contributed by atoms with Crippen LogP contribution in [0.4, 0.5) is 0 Å². The number of hydrogen-bond acceptors (Lipinski definition) is 4. The van der Waals surface area contributed by atoms with Gasteiger partial charge in [0.15, 0.2) is 11.5 Å². The van der Waals surface area contributed by atoms with Gasteiger partial charge in [-0.05, 0) is 17.7 Å². The lowest BCUT2D eigenvalue weighted by molar-refractivity contribution is 0.0916. The van der Waals surface area contributed by atoms with Crippen molar-refractivity contribution in [2.45, 2.75) is 12.7 Å². The largest absolute Gasteiger partial charge is 0.464 e. The van der Waals surface area contributed by atoms with E-state index >= 15 is 0 Å². The van der Waals surface area contributed by atoms with Crippen LogP contribution in [0.5, 0.6) is 11.5 Å². The van der Waals surface area contributed by atoms with Gasteiger partial charge in [-0.2, -0.15) is 0 Å². The van der Waals surface area contributed by atoms with Crippen molar-refractivity contribution in [2.24, 2.45) is 0 Å². The number of rotatable bonds is 2. The summed E-state index contributed by atoms with van der Waals surface area (Å²) in [6.45, 7) is 0.835. The van der Waals surface area contributed by atoms with E-state index in [-0.39, 0.29) is 12.9 Å². The van der Waals surface area contributed by atoms with Crippen molar-refractivity contribution in [2.75, 3.05) is 6.79 Å². The first-order valence-corrected chi connectivity index (χ1v) is 7.57. The van der Waals surface area contributed by atoms with Gasteiger partial charge >= 0.3 is 0 Å². The number of ether oxygens (including phenoxy) is 3. The van der Waals surface area contributed by atoms with Gasteiger partial charge in [0.25, 0.3) is 0 Å². The fourth-order valence-corrected chi connectivity index (χ4v) is 3.21. The summed E-state index contributed by atoms with van der Waals surface area (Å²) in [5.41, 5.74) is 4.32. The summed E-state index contributed by atoms with van der Waals surface area (Å²) in [4.78, 5) is 0. The molecule has 23 heavy (non-hydrogen) atoms. The van der Waals surface area contributed by atoms with Crippen LogP contribution < -0.4 is 9.47 Å². The molecule has 5 rings (SSSR count). The summed E-state index contributed by atoms with van der Waals surface area (Å²) in [6, 6.07) is 16.1. The van der Waals surface area contributed by atoms with Crippen LogP contribution in [0, 0.1) is 0 Å². The second-order valence-electron chi connectivity index (χ2n) is 5.67. The van der Waals surface area contributed by atoms with Gasteiger partial charge in [-0.15, -0.1) is 0 Å². The third kappa shape index (κ3) is 1.95. The minimum absolute atomic E-state index is 0.145. The summed E-state index contributed by atoms with van der Waals surface area (Å²) in [5.74, 6) is 2.42. The maximum atomic E-state index is 6.02. The lowest BCUT2D eigenvalue weighted by Crippen LogP contribution is -1.99. The van der Waals surface area contributed by atoms with Crippen molar-refractivity contribution in [3.8, 4) is 22.8 Å². The molecule has 0 N–H and O–H groups in total. The third-order valence-electron chi connectivity index (χ3n) is 4.31. The minimum atomic E-state index is -0.145. The van der Waals surface area contributed by atoms with Crippen LogP contribution in [-0.2, 0) is 11.3 Å². The number of furan rings is 1. The van der Waals surface area contributed by atoms with Crippen molar-refractivity contribution < 1.29 is 18.6 Å². The molecular formula is C19H14O4. The Labute approximate surface area is 133 Å². The van der Waals surface area contributed by atoms with Crippen molar-refractivity contribution in [3.05, 3.63) is 71.5 Å². The molecule has 3 aromatic rings. The zero-order valence-corrected chi connectivity index (χ0v) is 12.3. The Morgan fingerprint density at radius 1 is 0.913 bits per heavy atom. The van der Waals surface area contributed by atoms with E-state index in [1.54, 1.807) is 6.26 Å². The van der Waals surface area contributed by atoms with Crippen LogP contribution in [0.2, 0.25) is 0 Å². The SMILES string of the molecule is c1ccc(-c2occ3c2C(c2ccc4c(c2)OCO4)OC3)cc1. The molecule has 0 bridgehead atoms. The monoisotopic (exact) mass is 306 g/mol. The van der Waals surface area contributed by atoms with Crippen molar-refractivity contribution in [1.29, 1.82) is 0 Å². The van der Waals surface area contributed by atoms with Gasteiger partial charge < -0.3 is 18.6 Å². The summed E-state index contributed by atoms with van der Waals surface area (Å²) < 4.78 is 22.7. The van der Waals surface area contributed by atoms with Crippen LogP contribution in [-0.4, -0.2) is 6.79 Å². The Kier molecular flexibility index (Phi) is 2.72. The molecule has 1 unspecified atom stereocenters. The Bertz CT molecular complexity index is 866. The van der Waals surface area contributed by atoms with Crippen molar-refractivity contribution in [1.82, 2.24) is 0 Å². The van der Waals surface area contributed by atoms with Crippen LogP contribution >= 0.6 is 0 Å². The van der Waals surface area contributed by atoms with Gasteiger partial charge in [-0.1, -0.05) is 36.4 Å². The van der Waals surface area contributed by atoms with Gasteiger partial charge in [0.2, 0.25) is 6.79 Å². The van der Waals surface area contributed by atoms with E-state index < -0.39 is 0 Å². The van der Waals surface area contributed by atoms with Gasteiger partial charge in [-0.25, -0.2) is 0 Å². The average Bonchev–Trinajstić information content (AvgIpc) is 3.30. The molecule has 4 heteroatoms. The third-order valence-corrected chi connectivity index (χ3v) is 4.31. The van der Waals surface area contributed by atoms with Crippen molar-refractivity contribution in [3.63, 3.8) is 0 Å². The standard InChI is InChI=1S/C19H14O4/c1-2-4-12(5-3-1)18-17-14(9-20-18)10-21-19(17)13-6-7-15-16(8-13)23-11-22-15/h1-9,19H,10-11H2. The predicted molar refractivity (Wildman–Crippen MR) is 83.3 cm³/mol. The van der Waals surface area contributed by atoms with Gasteiger partial charge in [-0.3, -0.25) is 0 Å². The quantitative estimate of drug-likeness (QED) is 0.708. The predicted octanol–water partition coefficient (Wildman–Crippen LogP) is 4.29. The fourth-order valence-electron chi connectivity index (χ4n) is 3.21. The summed E-state index contributed by atoms with van der Waals surface area (Å²) in [6.07, 6.45) is 1.65.